The summed E-state index contributed by atoms with van der Waals surface area (Å²) in [5.74, 6) is 0.823. The molecule has 32 heavy (non-hydrogen) atoms. The Kier molecular flexibility index (Phi) is 9.94. The van der Waals surface area contributed by atoms with Gasteiger partial charge in [-0.3, -0.25) is 9.59 Å². The Bertz CT molecular complexity index is 854. The molecule has 1 fully saturated rings. The van der Waals surface area contributed by atoms with Crippen molar-refractivity contribution in [3.05, 3.63) is 65.2 Å². The van der Waals surface area contributed by atoms with Crippen LogP contribution in [-0.4, -0.2) is 34.6 Å². The average Bonchev–Trinajstić information content (AvgIpc) is 2.82. The van der Waals surface area contributed by atoms with Crippen molar-refractivity contribution in [2.75, 3.05) is 5.75 Å². The zero-order valence-corrected chi connectivity index (χ0v) is 20.3. The standard InChI is InChI=1S/C26H33ClN2O2S/c1-20(26(31)28-23-11-6-3-7-12-23)29(19-21-9-4-2-5-10-21)25(30)13-8-18-32-24-16-14-22(27)15-17-24/h2,4-5,9-10,14-17,20,23H,3,6-8,11-13,18-19H2,1H3,(H,28,31)/t20-/m1/s1. The van der Waals surface area contributed by atoms with Gasteiger partial charge in [-0.25, -0.2) is 0 Å². The second-order valence-corrected chi connectivity index (χ2v) is 10.0. The number of nitrogens with one attached hydrogen (secondary N) is 1. The highest BCUT2D eigenvalue weighted by molar-refractivity contribution is 7.99. The van der Waals surface area contributed by atoms with Crippen LogP contribution < -0.4 is 5.32 Å². The largest absolute Gasteiger partial charge is 0.352 e. The molecule has 3 rings (SSSR count). The summed E-state index contributed by atoms with van der Waals surface area (Å²) in [5.41, 5.74) is 1.04. The van der Waals surface area contributed by atoms with E-state index in [0.29, 0.717) is 13.0 Å². The number of halogens is 1. The fraction of sp³-hybridized carbons (Fsp3) is 0.462. The quantitative estimate of drug-likeness (QED) is 0.337. The number of benzene rings is 2. The monoisotopic (exact) mass is 472 g/mol. The van der Waals surface area contributed by atoms with E-state index >= 15 is 0 Å². The zero-order chi connectivity index (χ0) is 22.8. The molecule has 172 valence electrons. The third kappa shape index (κ3) is 7.86. The highest BCUT2D eigenvalue weighted by Gasteiger charge is 2.27. The lowest BCUT2D eigenvalue weighted by atomic mass is 9.95. The van der Waals surface area contributed by atoms with Crippen LogP contribution in [0.3, 0.4) is 0 Å². The summed E-state index contributed by atoms with van der Waals surface area (Å²) in [6, 6.07) is 17.4. The SMILES string of the molecule is C[C@H](C(=O)NC1CCCCC1)N(Cc1ccccc1)C(=O)CCCSc1ccc(Cl)cc1. The van der Waals surface area contributed by atoms with Crippen LogP contribution in [0.25, 0.3) is 0 Å². The summed E-state index contributed by atoms with van der Waals surface area (Å²) in [7, 11) is 0. The molecule has 1 N–H and O–H groups in total. The maximum absolute atomic E-state index is 13.2. The minimum absolute atomic E-state index is 0.0249. The molecule has 0 aliphatic heterocycles. The molecule has 0 aromatic heterocycles. The van der Waals surface area contributed by atoms with Crippen LogP contribution in [0.4, 0.5) is 0 Å². The van der Waals surface area contributed by atoms with Gasteiger partial charge in [0, 0.05) is 28.9 Å². The fourth-order valence-corrected chi connectivity index (χ4v) is 5.00. The molecule has 1 atom stereocenters. The fourth-order valence-electron chi connectivity index (χ4n) is 4.02. The Morgan fingerprint density at radius 3 is 2.44 bits per heavy atom. The summed E-state index contributed by atoms with van der Waals surface area (Å²) in [6.07, 6.45) is 6.83. The van der Waals surface area contributed by atoms with Gasteiger partial charge in [0.1, 0.15) is 6.04 Å². The molecule has 2 aromatic rings. The van der Waals surface area contributed by atoms with Crippen molar-refractivity contribution in [1.29, 1.82) is 0 Å². The maximum atomic E-state index is 13.2. The van der Waals surface area contributed by atoms with Gasteiger partial charge in [-0.2, -0.15) is 0 Å². The molecule has 1 aliphatic rings. The number of hydrogen-bond acceptors (Lipinski definition) is 3. The average molecular weight is 473 g/mol. The second kappa shape index (κ2) is 12.9. The summed E-state index contributed by atoms with van der Waals surface area (Å²) in [4.78, 5) is 29.0. The van der Waals surface area contributed by atoms with Crippen molar-refractivity contribution in [2.45, 2.75) is 75.4 Å². The first-order valence-corrected chi connectivity index (χ1v) is 12.9. The third-order valence-electron chi connectivity index (χ3n) is 5.93. The van der Waals surface area contributed by atoms with E-state index in [2.05, 4.69) is 5.32 Å². The van der Waals surface area contributed by atoms with Gasteiger partial charge in [0.25, 0.3) is 0 Å². The molecule has 2 aromatic carbocycles. The summed E-state index contributed by atoms with van der Waals surface area (Å²) in [5, 5.41) is 3.91. The van der Waals surface area contributed by atoms with Crippen molar-refractivity contribution in [2.24, 2.45) is 0 Å². The molecule has 2 amide bonds. The minimum Gasteiger partial charge on any atom is -0.352 e. The Morgan fingerprint density at radius 2 is 1.75 bits per heavy atom. The van der Waals surface area contributed by atoms with Crippen LogP contribution in [0, 0.1) is 0 Å². The molecular formula is C26H33ClN2O2S. The van der Waals surface area contributed by atoms with Gasteiger partial charge in [0.05, 0.1) is 0 Å². The predicted octanol–water partition coefficient (Wildman–Crippen LogP) is 6.08. The van der Waals surface area contributed by atoms with Gasteiger partial charge in [0.2, 0.25) is 11.8 Å². The van der Waals surface area contributed by atoms with Gasteiger partial charge < -0.3 is 10.2 Å². The first-order chi connectivity index (χ1) is 15.5. The molecule has 0 unspecified atom stereocenters. The first-order valence-electron chi connectivity index (χ1n) is 11.5. The number of hydrogen-bond donors (Lipinski definition) is 1. The molecule has 0 saturated heterocycles. The molecule has 0 spiro atoms. The number of rotatable bonds is 10. The van der Waals surface area contributed by atoms with Crippen LogP contribution in [0.1, 0.15) is 57.4 Å². The van der Waals surface area contributed by atoms with E-state index in [1.54, 1.807) is 16.7 Å². The Hall–Kier alpha value is -1.98. The summed E-state index contributed by atoms with van der Waals surface area (Å²) >= 11 is 7.66. The third-order valence-corrected chi connectivity index (χ3v) is 7.28. The highest BCUT2D eigenvalue weighted by Crippen LogP contribution is 2.22. The topological polar surface area (TPSA) is 49.4 Å². The van der Waals surface area contributed by atoms with E-state index in [-0.39, 0.29) is 17.9 Å². The number of amides is 2. The molecule has 0 heterocycles. The number of nitrogens with zero attached hydrogens (tertiary/aromatic N) is 1. The number of carbonyl (C=O) groups excluding carboxylic acids is 2. The normalized spacial score (nSPS) is 15.2. The Morgan fingerprint density at radius 1 is 1.06 bits per heavy atom. The molecule has 4 nitrogen and oxygen atoms in total. The van der Waals surface area contributed by atoms with Crippen LogP contribution in [0.5, 0.6) is 0 Å². The van der Waals surface area contributed by atoms with Crippen molar-refractivity contribution in [3.63, 3.8) is 0 Å². The minimum atomic E-state index is -0.492. The van der Waals surface area contributed by atoms with Gasteiger partial charge in [-0.05, 0) is 61.8 Å². The van der Waals surface area contributed by atoms with Gasteiger partial charge in [0.15, 0.2) is 0 Å². The number of thioether (sulfide) groups is 1. The molecule has 0 bridgehead atoms. The van der Waals surface area contributed by atoms with E-state index in [4.69, 9.17) is 11.6 Å². The summed E-state index contributed by atoms with van der Waals surface area (Å²) < 4.78 is 0. The van der Waals surface area contributed by atoms with Crippen LogP contribution in [0.2, 0.25) is 5.02 Å². The summed E-state index contributed by atoms with van der Waals surface area (Å²) in [6.45, 7) is 2.30. The lowest BCUT2D eigenvalue weighted by molar-refractivity contribution is -0.141. The van der Waals surface area contributed by atoms with Crippen LogP contribution >= 0.6 is 23.4 Å². The van der Waals surface area contributed by atoms with Crippen LogP contribution in [0.15, 0.2) is 59.5 Å². The van der Waals surface area contributed by atoms with E-state index in [1.165, 1.54) is 6.42 Å². The molecule has 6 heteroatoms. The van der Waals surface area contributed by atoms with Gasteiger partial charge >= 0.3 is 0 Å². The lowest BCUT2D eigenvalue weighted by Gasteiger charge is -2.31. The lowest BCUT2D eigenvalue weighted by Crippen LogP contribution is -2.50. The van der Waals surface area contributed by atoms with E-state index in [9.17, 15) is 9.59 Å². The Balaban J connectivity index is 1.57. The number of carbonyl (C=O) groups is 2. The maximum Gasteiger partial charge on any atom is 0.242 e. The van der Waals surface area contributed by atoms with Gasteiger partial charge in [-0.1, -0.05) is 61.2 Å². The second-order valence-electron chi connectivity index (χ2n) is 8.43. The zero-order valence-electron chi connectivity index (χ0n) is 18.8. The van der Waals surface area contributed by atoms with Crippen LogP contribution in [-0.2, 0) is 16.1 Å². The van der Waals surface area contributed by atoms with Crippen molar-refractivity contribution < 1.29 is 9.59 Å². The molecule has 0 radical (unpaired) electrons. The predicted molar refractivity (Wildman–Crippen MR) is 133 cm³/mol. The van der Waals surface area contributed by atoms with E-state index < -0.39 is 6.04 Å². The highest BCUT2D eigenvalue weighted by atomic mass is 35.5. The van der Waals surface area contributed by atoms with Crippen molar-refractivity contribution >= 4 is 35.2 Å². The molecule has 1 aliphatic carbocycles. The van der Waals surface area contributed by atoms with Crippen molar-refractivity contribution in [3.8, 4) is 0 Å². The smallest absolute Gasteiger partial charge is 0.242 e. The van der Waals surface area contributed by atoms with Crippen molar-refractivity contribution in [1.82, 2.24) is 10.2 Å². The van der Waals surface area contributed by atoms with E-state index in [0.717, 1.165) is 53.3 Å². The van der Waals surface area contributed by atoms with E-state index in [1.807, 2.05) is 61.5 Å². The molecule has 1 saturated carbocycles. The Labute approximate surface area is 201 Å². The first kappa shape index (κ1) is 24.7. The van der Waals surface area contributed by atoms with Gasteiger partial charge in [-0.15, -0.1) is 11.8 Å². The molecular weight excluding hydrogens is 440 g/mol.